The summed E-state index contributed by atoms with van der Waals surface area (Å²) in [6.07, 6.45) is 21.5. The van der Waals surface area contributed by atoms with E-state index in [4.69, 9.17) is 4.43 Å². The van der Waals surface area contributed by atoms with E-state index in [2.05, 4.69) is 6.92 Å². The quantitative estimate of drug-likeness (QED) is 0.281. The fourth-order valence-electron chi connectivity index (χ4n) is 2.62. The monoisotopic (exact) mass is 286 g/mol. The van der Waals surface area contributed by atoms with Crippen LogP contribution in [0.4, 0.5) is 0 Å². The summed E-state index contributed by atoms with van der Waals surface area (Å²) < 4.78 is 5.19. The molecule has 0 unspecified atom stereocenters. The van der Waals surface area contributed by atoms with Crippen molar-refractivity contribution in [3.63, 3.8) is 0 Å². The summed E-state index contributed by atoms with van der Waals surface area (Å²) in [5.41, 5.74) is 0. The lowest BCUT2D eigenvalue weighted by Crippen LogP contribution is -1.89. The minimum atomic E-state index is 0.910. The Bertz CT molecular complexity index is 134. The SMILES string of the molecule is CCCCCCCCCCCCCCCCCO[SiH3]. The highest BCUT2D eigenvalue weighted by Crippen LogP contribution is 2.13. The summed E-state index contributed by atoms with van der Waals surface area (Å²) in [5, 5.41) is 0. The smallest absolute Gasteiger partial charge is 0.145 e. The second-order valence-electron chi connectivity index (χ2n) is 5.94. The van der Waals surface area contributed by atoms with Gasteiger partial charge in [0.05, 0.1) is 0 Å². The van der Waals surface area contributed by atoms with Crippen LogP contribution >= 0.6 is 0 Å². The lowest BCUT2D eigenvalue weighted by Gasteiger charge is -2.03. The molecule has 0 aromatic carbocycles. The largest absolute Gasteiger partial charge is 0.428 e. The Hall–Kier alpha value is 0.177. The highest BCUT2D eigenvalue weighted by Gasteiger charge is 1.94. The van der Waals surface area contributed by atoms with Gasteiger partial charge in [0.2, 0.25) is 0 Å². The van der Waals surface area contributed by atoms with Crippen LogP contribution in [-0.2, 0) is 4.43 Å². The molecular formula is C17H38OSi. The maximum atomic E-state index is 5.19. The molecule has 0 bridgehead atoms. The normalized spacial score (nSPS) is 11.2. The van der Waals surface area contributed by atoms with Crippen molar-refractivity contribution in [2.45, 2.75) is 103 Å². The fourth-order valence-corrected chi connectivity index (χ4v) is 2.91. The van der Waals surface area contributed by atoms with E-state index in [1.165, 1.54) is 96.3 Å². The molecule has 0 amide bonds. The Labute approximate surface area is 125 Å². The van der Waals surface area contributed by atoms with Crippen LogP contribution in [0, 0.1) is 0 Å². The van der Waals surface area contributed by atoms with Gasteiger partial charge in [0.1, 0.15) is 10.5 Å². The van der Waals surface area contributed by atoms with E-state index in [-0.39, 0.29) is 0 Å². The zero-order valence-electron chi connectivity index (χ0n) is 13.7. The van der Waals surface area contributed by atoms with Crippen LogP contribution in [0.1, 0.15) is 103 Å². The van der Waals surface area contributed by atoms with Crippen LogP contribution in [-0.4, -0.2) is 17.1 Å². The van der Waals surface area contributed by atoms with Crippen LogP contribution in [0.25, 0.3) is 0 Å². The van der Waals surface area contributed by atoms with Crippen molar-refractivity contribution in [3.05, 3.63) is 0 Å². The first-order chi connectivity index (χ1) is 9.41. The third kappa shape index (κ3) is 18.2. The molecule has 0 heterocycles. The average Bonchev–Trinajstić information content (AvgIpc) is 2.43. The minimum Gasteiger partial charge on any atom is -0.428 e. The molecule has 1 nitrogen and oxygen atoms in total. The predicted molar refractivity (Wildman–Crippen MR) is 90.8 cm³/mol. The van der Waals surface area contributed by atoms with Crippen molar-refractivity contribution >= 4 is 10.5 Å². The number of unbranched alkanes of at least 4 members (excludes halogenated alkanes) is 14. The summed E-state index contributed by atoms with van der Waals surface area (Å²) in [6.45, 7) is 3.30. The summed E-state index contributed by atoms with van der Waals surface area (Å²) in [6, 6.07) is 0. The van der Waals surface area contributed by atoms with Crippen molar-refractivity contribution in [1.29, 1.82) is 0 Å². The molecule has 0 saturated heterocycles. The Morgan fingerprint density at radius 1 is 0.526 bits per heavy atom. The van der Waals surface area contributed by atoms with Crippen molar-refractivity contribution < 1.29 is 4.43 Å². The molecule has 0 fully saturated rings. The maximum Gasteiger partial charge on any atom is 0.145 e. The molecule has 0 saturated carbocycles. The van der Waals surface area contributed by atoms with Crippen molar-refractivity contribution in [3.8, 4) is 0 Å². The van der Waals surface area contributed by atoms with Gasteiger partial charge in [-0.25, -0.2) is 0 Å². The zero-order chi connectivity index (χ0) is 14.0. The Morgan fingerprint density at radius 3 is 1.16 bits per heavy atom. The lowest BCUT2D eigenvalue weighted by atomic mass is 10.0. The third-order valence-corrected chi connectivity index (χ3v) is 4.36. The standard InChI is InChI=1S/C17H38OSi/c1-2-3-4-5-6-7-8-9-10-11-12-13-14-15-16-17-18-19/h2-17H2,1,19H3. The number of hydrogen-bond acceptors (Lipinski definition) is 1. The predicted octanol–water partition coefficient (Wildman–Crippen LogP) is 5.15. The maximum absolute atomic E-state index is 5.19. The van der Waals surface area contributed by atoms with Gasteiger partial charge in [0, 0.05) is 6.61 Å². The molecular weight excluding hydrogens is 248 g/mol. The minimum absolute atomic E-state index is 0.910. The van der Waals surface area contributed by atoms with Crippen LogP contribution < -0.4 is 0 Å². The topological polar surface area (TPSA) is 9.23 Å². The third-order valence-electron chi connectivity index (χ3n) is 3.95. The van der Waals surface area contributed by atoms with Gasteiger partial charge in [-0.1, -0.05) is 96.8 Å². The summed E-state index contributed by atoms with van der Waals surface area (Å²) in [5.74, 6) is 0. The lowest BCUT2D eigenvalue weighted by molar-refractivity contribution is 0.332. The van der Waals surface area contributed by atoms with E-state index in [9.17, 15) is 0 Å². The van der Waals surface area contributed by atoms with Gasteiger partial charge >= 0.3 is 0 Å². The van der Waals surface area contributed by atoms with Gasteiger partial charge in [-0.3, -0.25) is 0 Å². The molecule has 19 heavy (non-hydrogen) atoms. The first kappa shape index (κ1) is 19.2. The number of hydrogen-bond donors (Lipinski definition) is 0. The Morgan fingerprint density at radius 2 is 0.842 bits per heavy atom. The first-order valence-corrected chi connectivity index (χ1v) is 9.72. The van der Waals surface area contributed by atoms with Crippen LogP contribution in [0.5, 0.6) is 0 Å². The highest BCUT2D eigenvalue weighted by atomic mass is 28.2. The van der Waals surface area contributed by atoms with E-state index in [1.54, 1.807) is 0 Å². The van der Waals surface area contributed by atoms with Crippen LogP contribution in [0.2, 0.25) is 0 Å². The average molecular weight is 287 g/mol. The first-order valence-electron chi connectivity index (χ1n) is 8.90. The Balaban J connectivity index is 2.88. The summed E-state index contributed by atoms with van der Waals surface area (Å²) >= 11 is 0. The van der Waals surface area contributed by atoms with E-state index < -0.39 is 0 Å². The van der Waals surface area contributed by atoms with E-state index in [0.29, 0.717) is 0 Å². The summed E-state index contributed by atoms with van der Waals surface area (Å²) in [7, 11) is 0.910. The van der Waals surface area contributed by atoms with Crippen molar-refractivity contribution in [1.82, 2.24) is 0 Å². The molecule has 0 aromatic rings. The zero-order valence-corrected chi connectivity index (χ0v) is 15.7. The molecule has 116 valence electrons. The molecule has 0 aliphatic carbocycles. The van der Waals surface area contributed by atoms with Crippen molar-refractivity contribution in [2.75, 3.05) is 6.61 Å². The number of rotatable bonds is 16. The fraction of sp³-hybridized carbons (Fsp3) is 1.00. The molecule has 0 radical (unpaired) electrons. The van der Waals surface area contributed by atoms with E-state index in [1.807, 2.05) is 0 Å². The molecule has 2 heteroatoms. The Kier molecular flexibility index (Phi) is 18.3. The second-order valence-corrected chi connectivity index (χ2v) is 6.52. The van der Waals surface area contributed by atoms with Crippen LogP contribution in [0.15, 0.2) is 0 Å². The van der Waals surface area contributed by atoms with Gasteiger partial charge in [-0.05, 0) is 6.42 Å². The molecule has 0 aromatic heterocycles. The van der Waals surface area contributed by atoms with Crippen LogP contribution in [0.3, 0.4) is 0 Å². The van der Waals surface area contributed by atoms with Crippen molar-refractivity contribution in [2.24, 2.45) is 0 Å². The van der Waals surface area contributed by atoms with E-state index in [0.717, 1.165) is 17.1 Å². The van der Waals surface area contributed by atoms with Gasteiger partial charge in [-0.15, -0.1) is 0 Å². The molecule has 0 N–H and O–H groups in total. The van der Waals surface area contributed by atoms with Gasteiger partial charge in [-0.2, -0.15) is 0 Å². The van der Waals surface area contributed by atoms with Gasteiger partial charge in [0.25, 0.3) is 0 Å². The molecule has 0 aliphatic rings. The molecule has 0 spiro atoms. The second kappa shape index (κ2) is 18.2. The van der Waals surface area contributed by atoms with Gasteiger partial charge in [0.15, 0.2) is 0 Å². The summed E-state index contributed by atoms with van der Waals surface area (Å²) in [4.78, 5) is 0. The molecule has 0 rings (SSSR count). The molecule has 0 atom stereocenters. The van der Waals surface area contributed by atoms with Gasteiger partial charge < -0.3 is 4.43 Å². The highest BCUT2D eigenvalue weighted by molar-refractivity contribution is 5.97. The van der Waals surface area contributed by atoms with E-state index >= 15 is 0 Å². The molecule has 0 aliphatic heterocycles.